The molecule has 5 heteroatoms. The van der Waals surface area contributed by atoms with Crippen LogP contribution in [0.1, 0.15) is 19.3 Å². The molecule has 3 rings (SSSR count). The van der Waals surface area contributed by atoms with Gasteiger partial charge in [0.15, 0.2) is 0 Å². The standard InChI is InChI=1S/C18H26N2O2S/c1-22-17-5-3-2-4-16(17)19-8-10-20(11-9-19)18(21)14-15-6-12-23-13-7-15/h2-5,15H,6-14H2,1H3. The summed E-state index contributed by atoms with van der Waals surface area (Å²) < 4.78 is 5.45. The van der Waals surface area contributed by atoms with Crippen molar-refractivity contribution < 1.29 is 9.53 Å². The molecule has 1 aromatic carbocycles. The summed E-state index contributed by atoms with van der Waals surface area (Å²) in [6, 6.07) is 8.12. The first kappa shape index (κ1) is 16.5. The second-order valence-corrected chi connectivity index (χ2v) is 7.52. The maximum Gasteiger partial charge on any atom is 0.222 e. The highest BCUT2D eigenvalue weighted by atomic mass is 32.2. The van der Waals surface area contributed by atoms with Gasteiger partial charge in [0.2, 0.25) is 5.91 Å². The Morgan fingerprint density at radius 3 is 2.57 bits per heavy atom. The summed E-state index contributed by atoms with van der Waals surface area (Å²) in [6.07, 6.45) is 3.16. The number of anilines is 1. The molecule has 2 saturated heterocycles. The molecule has 126 valence electrons. The average molecular weight is 334 g/mol. The number of carbonyl (C=O) groups is 1. The zero-order chi connectivity index (χ0) is 16.1. The van der Waals surface area contributed by atoms with Gasteiger partial charge in [-0.2, -0.15) is 11.8 Å². The molecule has 0 N–H and O–H groups in total. The summed E-state index contributed by atoms with van der Waals surface area (Å²) in [5.74, 6) is 4.31. The van der Waals surface area contributed by atoms with Gasteiger partial charge in [0.25, 0.3) is 0 Å². The van der Waals surface area contributed by atoms with Crippen LogP contribution in [0, 0.1) is 5.92 Å². The molecule has 0 bridgehead atoms. The molecule has 0 saturated carbocycles. The minimum absolute atomic E-state index is 0.349. The fourth-order valence-corrected chi connectivity index (χ4v) is 4.62. The van der Waals surface area contributed by atoms with Crippen molar-refractivity contribution >= 4 is 23.4 Å². The zero-order valence-corrected chi connectivity index (χ0v) is 14.7. The third-order valence-corrected chi connectivity index (χ3v) is 5.91. The van der Waals surface area contributed by atoms with Crippen LogP contribution in [0.5, 0.6) is 5.75 Å². The maximum absolute atomic E-state index is 12.5. The molecule has 4 nitrogen and oxygen atoms in total. The average Bonchev–Trinajstić information content (AvgIpc) is 2.62. The zero-order valence-electron chi connectivity index (χ0n) is 13.9. The fraction of sp³-hybridized carbons (Fsp3) is 0.611. The number of hydrogen-bond acceptors (Lipinski definition) is 4. The number of para-hydroxylation sites is 2. The first-order chi connectivity index (χ1) is 11.3. The molecule has 0 aliphatic carbocycles. The molecule has 2 heterocycles. The van der Waals surface area contributed by atoms with Gasteiger partial charge in [-0.1, -0.05) is 12.1 Å². The molecule has 0 unspecified atom stereocenters. The number of ether oxygens (including phenoxy) is 1. The number of hydrogen-bond donors (Lipinski definition) is 0. The van der Waals surface area contributed by atoms with E-state index in [4.69, 9.17) is 4.74 Å². The Balaban J connectivity index is 1.52. The summed E-state index contributed by atoms with van der Waals surface area (Å²) >= 11 is 2.02. The summed E-state index contributed by atoms with van der Waals surface area (Å²) in [4.78, 5) is 16.9. The molecule has 1 amide bonds. The number of rotatable bonds is 4. The lowest BCUT2D eigenvalue weighted by Crippen LogP contribution is -2.49. The van der Waals surface area contributed by atoms with Crippen LogP contribution >= 0.6 is 11.8 Å². The SMILES string of the molecule is COc1ccccc1N1CCN(C(=O)CC2CCSCC2)CC1. The van der Waals surface area contributed by atoms with Crippen molar-refractivity contribution in [2.24, 2.45) is 5.92 Å². The van der Waals surface area contributed by atoms with E-state index in [1.165, 1.54) is 24.3 Å². The number of piperazine rings is 1. The first-order valence-corrected chi connectivity index (χ1v) is 9.67. The van der Waals surface area contributed by atoms with Crippen LogP contribution in [0.4, 0.5) is 5.69 Å². The topological polar surface area (TPSA) is 32.8 Å². The van der Waals surface area contributed by atoms with E-state index in [0.717, 1.165) is 44.0 Å². The number of benzene rings is 1. The molecule has 0 spiro atoms. The Hall–Kier alpha value is -1.36. The monoisotopic (exact) mass is 334 g/mol. The summed E-state index contributed by atoms with van der Waals surface area (Å²) in [5, 5.41) is 0. The van der Waals surface area contributed by atoms with Crippen molar-refractivity contribution in [3.8, 4) is 5.75 Å². The van der Waals surface area contributed by atoms with Gasteiger partial charge in [-0.05, 0) is 42.4 Å². The largest absolute Gasteiger partial charge is 0.495 e. The van der Waals surface area contributed by atoms with E-state index in [2.05, 4.69) is 11.0 Å². The molecular weight excluding hydrogens is 308 g/mol. The van der Waals surface area contributed by atoms with Crippen LogP contribution in [0.3, 0.4) is 0 Å². The third kappa shape index (κ3) is 4.14. The molecule has 0 atom stereocenters. The van der Waals surface area contributed by atoms with Crippen LogP contribution < -0.4 is 9.64 Å². The van der Waals surface area contributed by atoms with Crippen LogP contribution in [-0.2, 0) is 4.79 Å². The van der Waals surface area contributed by atoms with Gasteiger partial charge in [-0.15, -0.1) is 0 Å². The summed E-state index contributed by atoms with van der Waals surface area (Å²) in [6.45, 7) is 3.40. The number of nitrogens with zero attached hydrogens (tertiary/aromatic N) is 2. The lowest BCUT2D eigenvalue weighted by Gasteiger charge is -2.37. The van der Waals surface area contributed by atoms with Crippen LogP contribution in [0.15, 0.2) is 24.3 Å². The Kier molecular flexibility index (Phi) is 5.70. The van der Waals surface area contributed by atoms with Crippen LogP contribution in [-0.4, -0.2) is 55.6 Å². The Morgan fingerprint density at radius 1 is 1.17 bits per heavy atom. The third-order valence-electron chi connectivity index (χ3n) is 4.86. The van der Waals surface area contributed by atoms with E-state index >= 15 is 0 Å². The normalized spacial score (nSPS) is 19.7. The van der Waals surface area contributed by atoms with Gasteiger partial charge in [0.1, 0.15) is 5.75 Å². The molecule has 1 aromatic rings. The molecule has 2 fully saturated rings. The number of methoxy groups -OCH3 is 1. The second-order valence-electron chi connectivity index (χ2n) is 6.30. The van der Waals surface area contributed by atoms with Crippen molar-refractivity contribution in [2.45, 2.75) is 19.3 Å². The van der Waals surface area contributed by atoms with E-state index in [1.807, 2.05) is 34.9 Å². The van der Waals surface area contributed by atoms with Crippen molar-refractivity contribution in [3.63, 3.8) is 0 Å². The number of thioether (sulfide) groups is 1. The van der Waals surface area contributed by atoms with Crippen molar-refractivity contribution in [1.82, 2.24) is 4.90 Å². The summed E-state index contributed by atoms with van der Waals surface area (Å²) in [7, 11) is 1.71. The molecule has 0 aromatic heterocycles. The van der Waals surface area contributed by atoms with Gasteiger partial charge in [0.05, 0.1) is 12.8 Å². The minimum Gasteiger partial charge on any atom is -0.495 e. The van der Waals surface area contributed by atoms with Crippen molar-refractivity contribution in [1.29, 1.82) is 0 Å². The highest BCUT2D eigenvalue weighted by molar-refractivity contribution is 7.99. The second kappa shape index (κ2) is 7.95. The van der Waals surface area contributed by atoms with Crippen LogP contribution in [0.2, 0.25) is 0 Å². The van der Waals surface area contributed by atoms with Crippen molar-refractivity contribution in [2.75, 3.05) is 49.7 Å². The summed E-state index contributed by atoms with van der Waals surface area (Å²) in [5.41, 5.74) is 1.13. The lowest BCUT2D eigenvalue weighted by atomic mass is 9.98. The van der Waals surface area contributed by atoms with Crippen LogP contribution in [0.25, 0.3) is 0 Å². The molecule has 0 radical (unpaired) electrons. The fourth-order valence-electron chi connectivity index (χ4n) is 3.41. The van der Waals surface area contributed by atoms with Gasteiger partial charge in [-0.3, -0.25) is 4.79 Å². The Morgan fingerprint density at radius 2 is 1.87 bits per heavy atom. The predicted molar refractivity (Wildman–Crippen MR) is 96.5 cm³/mol. The highest BCUT2D eigenvalue weighted by Gasteiger charge is 2.25. The smallest absolute Gasteiger partial charge is 0.222 e. The molecule has 2 aliphatic rings. The molecular formula is C18H26N2O2S. The highest BCUT2D eigenvalue weighted by Crippen LogP contribution is 2.29. The Labute approximate surface area is 143 Å². The van der Waals surface area contributed by atoms with Gasteiger partial charge in [-0.25, -0.2) is 0 Å². The Bertz CT molecular complexity index is 524. The maximum atomic E-state index is 12.5. The van der Waals surface area contributed by atoms with Gasteiger partial charge >= 0.3 is 0 Å². The van der Waals surface area contributed by atoms with Gasteiger partial charge < -0.3 is 14.5 Å². The molecule has 2 aliphatic heterocycles. The van der Waals surface area contributed by atoms with Crippen molar-refractivity contribution in [3.05, 3.63) is 24.3 Å². The number of amides is 1. The minimum atomic E-state index is 0.349. The van der Waals surface area contributed by atoms with E-state index in [0.29, 0.717) is 11.8 Å². The lowest BCUT2D eigenvalue weighted by molar-refractivity contribution is -0.132. The first-order valence-electron chi connectivity index (χ1n) is 8.51. The predicted octanol–water partition coefficient (Wildman–Crippen LogP) is 2.88. The van der Waals surface area contributed by atoms with E-state index < -0.39 is 0 Å². The number of carbonyl (C=O) groups excluding carboxylic acids is 1. The quantitative estimate of drug-likeness (QED) is 0.848. The molecule has 23 heavy (non-hydrogen) atoms. The van der Waals surface area contributed by atoms with E-state index in [-0.39, 0.29) is 0 Å². The van der Waals surface area contributed by atoms with Gasteiger partial charge in [0, 0.05) is 32.6 Å². The van der Waals surface area contributed by atoms with E-state index in [1.54, 1.807) is 7.11 Å². The van der Waals surface area contributed by atoms with E-state index in [9.17, 15) is 4.79 Å².